The molecular formula is C14H21N3O2. The van der Waals surface area contributed by atoms with E-state index in [0.717, 1.165) is 18.8 Å². The SMILES string of the molecule is Cc1cc(=O)c(C(=O)NCC(C)N2CCCC2)c[nH]1. The first-order chi connectivity index (χ1) is 9.08. The van der Waals surface area contributed by atoms with Gasteiger partial charge in [-0.3, -0.25) is 14.5 Å². The molecular weight excluding hydrogens is 242 g/mol. The minimum atomic E-state index is -0.299. The summed E-state index contributed by atoms with van der Waals surface area (Å²) in [5.74, 6) is -0.299. The molecule has 0 aromatic carbocycles. The molecule has 5 heteroatoms. The van der Waals surface area contributed by atoms with E-state index in [9.17, 15) is 9.59 Å². The smallest absolute Gasteiger partial charge is 0.256 e. The van der Waals surface area contributed by atoms with E-state index < -0.39 is 0 Å². The van der Waals surface area contributed by atoms with Gasteiger partial charge in [0.1, 0.15) is 5.56 Å². The van der Waals surface area contributed by atoms with Crippen molar-refractivity contribution in [3.8, 4) is 0 Å². The normalized spacial score (nSPS) is 17.4. The molecule has 104 valence electrons. The lowest BCUT2D eigenvalue weighted by Gasteiger charge is -2.23. The van der Waals surface area contributed by atoms with Gasteiger partial charge in [-0.2, -0.15) is 0 Å². The average molecular weight is 263 g/mol. The first-order valence-electron chi connectivity index (χ1n) is 6.79. The number of carbonyl (C=O) groups is 1. The van der Waals surface area contributed by atoms with Crippen LogP contribution in [0.25, 0.3) is 0 Å². The number of hydrogen-bond acceptors (Lipinski definition) is 3. The molecule has 0 saturated carbocycles. The molecule has 0 bridgehead atoms. The third-order valence-electron chi connectivity index (χ3n) is 3.62. The van der Waals surface area contributed by atoms with Crippen LogP contribution < -0.4 is 10.7 Å². The molecule has 19 heavy (non-hydrogen) atoms. The highest BCUT2D eigenvalue weighted by Gasteiger charge is 2.19. The molecule has 5 nitrogen and oxygen atoms in total. The molecule has 2 heterocycles. The third-order valence-corrected chi connectivity index (χ3v) is 3.62. The topological polar surface area (TPSA) is 65.2 Å². The number of amides is 1. The molecule has 1 aliphatic rings. The zero-order valence-electron chi connectivity index (χ0n) is 11.5. The summed E-state index contributed by atoms with van der Waals surface area (Å²) in [6, 6.07) is 1.76. The van der Waals surface area contributed by atoms with Crippen molar-refractivity contribution in [2.45, 2.75) is 32.7 Å². The molecule has 0 spiro atoms. The maximum absolute atomic E-state index is 11.9. The molecule has 0 radical (unpaired) electrons. The van der Waals surface area contributed by atoms with E-state index in [0.29, 0.717) is 12.6 Å². The highest BCUT2D eigenvalue weighted by Crippen LogP contribution is 2.10. The first kappa shape index (κ1) is 13.8. The lowest BCUT2D eigenvalue weighted by Crippen LogP contribution is -2.41. The minimum Gasteiger partial charge on any atom is -0.364 e. The van der Waals surface area contributed by atoms with Gasteiger partial charge in [-0.25, -0.2) is 0 Å². The average Bonchev–Trinajstić information content (AvgIpc) is 2.89. The van der Waals surface area contributed by atoms with Crippen molar-refractivity contribution in [3.05, 3.63) is 33.7 Å². The molecule has 2 rings (SSSR count). The summed E-state index contributed by atoms with van der Waals surface area (Å²) in [5, 5.41) is 2.84. The second kappa shape index (κ2) is 6.02. The molecule has 1 fully saturated rings. The van der Waals surface area contributed by atoms with Crippen LogP contribution in [0.4, 0.5) is 0 Å². The van der Waals surface area contributed by atoms with Gasteiger partial charge >= 0.3 is 0 Å². The second-order valence-electron chi connectivity index (χ2n) is 5.20. The molecule has 1 aromatic heterocycles. The van der Waals surface area contributed by atoms with Gasteiger partial charge in [-0.1, -0.05) is 0 Å². The fourth-order valence-electron chi connectivity index (χ4n) is 2.40. The summed E-state index contributed by atoms with van der Waals surface area (Å²) >= 11 is 0. The van der Waals surface area contributed by atoms with Gasteiger partial charge in [0.05, 0.1) is 0 Å². The molecule has 1 saturated heterocycles. The number of rotatable bonds is 4. The van der Waals surface area contributed by atoms with E-state index >= 15 is 0 Å². The van der Waals surface area contributed by atoms with Crippen molar-refractivity contribution < 1.29 is 4.79 Å². The highest BCUT2D eigenvalue weighted by molar-refractivity contribution is 5.93. The zero-order chi connectivity index (χ0) is 13.8. The van der Waals surface area contributed by atoms with Crippen molar-refractivity contribution in [2.24, 2.45) is 0 Å². The Kier molecular flexibility index (Phi) is 4.37. The Morgan fingerprint density at radius 1 is 1.47 bits per heavy atom. The molecule has 1 amide bonds. The van der Waals surface area contributed by atoms with Gasteiger partial charge in [-0.05, 0) is 39.8 Å². The van der Waals surface area contributed by atoms with Crippen molar-refractivity contribution in [1.82, 2.24) is 15.2 Å². The van der Waals surface area contributed by atoms with Gasteiger partial charge < -0.3 is 10.3 Å². The summed E-state index contributed by atoms with van der Waals surface area (Å²) < 4.78 is 0. The van der Waals surface area contributed by atoms with Crippen LogP contribution in [0.5, 0.6) is 0 Å². The monoisotopic (exact) mass is 263 g/mol. The van der Waals surface area contributed by atoms with Crippen LogP contribution in [0.3, 0.4) is 0 Å². The number of nitrogens with zero attached hydrogens (tertiary/aromatic N) is 1. The Morgan fingerprint density at radius 3 is 2.79 bits per heavy atom. The summed E-state index contributed by atoms with van der Waals surface area (Å²) in [6.45, 7) is 6.67. The Bertz CT molecular complexity index is 504. The number of aromatic amines is 1. The summed E-state index contributed by atoms with van der Waals surface area (Å²) in [7, 11) is 0. The van der Waals surface area contributed by atoms with E-state index in [4.69, 9.17) is 0 Å². The van der Waals surface area contributed by atoms with Crippen LogP contribution in [0, 0.1) is 6.92 Å². The lowest BCUT2D eigenvalue weighted by molar-refractivity contribution is 0.0939. The molecule has 1 aromatic rings. The van der Waals surface area contributed by atoms with E-state index in [2.05, 4.69) is 22.1 Å². The lowest BCUT2D eigenvalue weighted by atomic mass is 10.2. The fraction of sp³-hybridized carbons (Fsp3) is 0.571. The van der Waals surface area contributed by atoms with E-state index in [1.165, 1.54) is 25.1 Å². The number of likely N-dealkylation sites (tertiary alicyclic amines) is 1. The van der Waals surface area contributed by atoms with Crippen LogP contribution in [0.1, 0.15) is 35.8 Å². The van der Waals surface area contributed by atoms with Crippen LogP contribution in [-0.4, -0.2) is 41.5 Å². The minimum absolute atomic E-state index is 0.180. The Morgan fingerprint density at radius 2 is 2.16 bits per heavy atom. The van der Waals surface area contributed by atoms with E-state index in [1.807, 2.05) is 0 Å². The van der Waals surface area contributed by atoms with Crippen LogP contribution >= 0.6 is 0 Å². The maximum Gasteiger partial charge on any atom is 0.256 e. The Labute approximate surface area is 113 Å². The van der Waals surface area contributed by atoms with Gasteiger partial charge in [0.2, 0.25) is 0 Å². The number of aryl methyl sites for hydroxylation is 1. The standard InChI is InChI=1S/C14H21N3O2/c1-10-7-13(18)12(9-15-10)14(19)16-8-11(2)17-5-3-4-6-17/h7,9,11H,3-6,8H2,1-2H3,(H,15,18)(H,16,19). The van der Waals surface area contributed by atoms with Crippen LogP contribution in [0.15, 0.2) is 17.1 Å². The fourth-order valence-corrected chi connectivity index (χ4v) is 2.40. The largest absolute Gasteiger partial charge is 0.364 e. The summed E-state index contributed by atoms with van der Waals surface area (Å²) in [4.78, 5) is 28.9. The second-order valence-corrected chi connectivity index (χ2v) is 5.20. The number of nitrogens with one attached hydrogen (secondary N) is 2. The van der Waals surface area contributed by atoms with Crippen LogP contribution in [0.2, 0.25) is 0 Å². The quantitative estimate of drug-likeness (QED) is 0.848. The number of pyridine rings is 1. The van der Waals surface area contributed by atoms with Crippen molar-refractivity contribution >= 4 is 5.91 Å². The molecule has 0 aliphatic carbocycles. The van der Waals surface area contributed by atoms with E-state index in [-0.39, 0.29) is 16.9 Å². The van der Waals surface area contributed by atoms with Crippen LogP contribution in [-0.2, 0) is 0 Å². The zero-order valence-corrected chi connectivity index (χ0v) is 11.5. The van der Waals surface area contributed by atoms with Gasteiger partial charge in [0.15, 0.2) is 5.43 Å². The number of H-pyrrole nitrogens is 1. The summed E-state index contributed by atoms with van der Waals surface area (Å²) in [5.41, 5.74) is 0.703. The number of carbonyl (C=O) groups excluding carboxylic acids is 1. The molecule has 1 unspecified atom stereocenters. The highest BCUT2D eigenvalue weighted by atomic mass is 16.2. The molecule has 1 aliphatic heterocycles. The number of hydrogen-bond donors (Lipinski definition) is 2. The van der Waals surface area contributed by atoms with Crippen molar-refractivity contribution in [3.63, 3.8) is 0 Å². The third kappa shape index (κ3) is 3.44. The number of aromatic nitrogens is 1. The molecule has 2 N–H and O–H groups in total. The van der Waals surface area contributed by atoms with Gasteiger partial charge in [0.25, 0.3) is 5.91 Å². The van der Waals surface area contributed by atoms with Gasteiger partial charge in [0, 0.05) is 30.5 Å². The Balaban J connectivity index is 1.92. The summed E-state index contributed by atoms with van der Waals surface area (Å²) in [6.07, 6.45) is 3.94. The first-order valence-corrected chi connectivity index (χ1v) is 6.79. The Hall–Kier alpha value is -1.62. The van der Waals surface area contributed by atoms with Crippen molar-refractivity contribution in [2.75, 3.05) is 19.6 Å². The van der Waals surface area contributed by atoms with E-state index in [1.54, 1.807) is 6.92 Å². The maximum atomic E-state index is 11.9. The predicted octanol–water partition coefficient (Wildman–Crippen LogP) is 0.897. The van der Waals surface area contributed by atoms with Crippen molar-refractivity contribution in [1.29, 1.82) is 0 Å². The van der Waals surface area contributed by atoms with Gasteiger partial charge in [-0.15, -0.1) is 0 Å². The molecule has 1 atom stereocenters. The predicted molar refractivity (Wildman–Crippen MR) is 74.4 cm³/mol.